The molecule has 0 unspecified atom stereocenters. The Balaban J connectivity index is 2.10. The highest BCUT2D eigenvalue weighted by Gasteiger charge is 2.31. The zero-order chi connectivity index (χ0) is 13.0. The molecule has 0 amide bonds. The van der Waals surface area contributed by atoms with Crippen LogP contribution in [0.15, 0.2) is 24.3 Å². The van der Waals surface area contributed by atoms with E-state index in [-0.39, 0.29) is 0 Å². The van der Waals surface area contributed by atoms with Gasteiger partial charge in [0.1, 0.15) is 0 Å². The molecule has 1 aliphatic rings. The summed E-state index contributed by atoms with van der Waals surface area (Å²) in [5, 5.41) is 15.0. The van der Waals surface area contributed by atoms with Gasteiger partial charge in [0.25, 0.3) is 0 Å². The predicted molar refractivity (Wildman–Crippen MR) is 75.9 cm³/mol. The van der Waals surface area contributed by atoms with E-state index in [0.29, 0.717) is 5.92 Å². The van der Waals surface area contributed by atoms with E-state index in [2.05, 4.69) is 5.32 Å². The van der Waals surface area contributed by atoms with E-state index >= 15 is 0 Å². The Bertz CT molecular complexity index is 373. The topological polar surface area (TPSA) is 32.3 Å². The first-order valence-corrected chi connectivity index (χ1v) is 7.21. The maximum atomic E-state index is 10.9. The van der Waals surface area contributed by atoms with Crippen molar-refractivity contribution in [1.82, 2.24) is 5.32 Å². The van der Waals surface area contributed by atoms with Crippen LogP contribution in [0.3, 0.4) is 0 Å². The van der Waals surface area contributed by atoms with Crippen molar-refractivity contribution < 1.29 is 5.11 Å². The molecule has 0 saturated carbocycles. The van der Waals surface area contributed by atoms with Crippen molar-refractivity contribution >= 4 is 11.6 Å². The molecule has 1 aromatic rings. The van der Waals surface area contributed by atoms with Gasteiger partial charge in [-0.25, -0.2) is 0 Å². The SMILES string of the molecule is CC[C@](O)(C[C@H]1CCCNC1)c1ccc(Cl)cc1. The molecule has 0 aliphatic carbocycles. The monoisotopic (exact) mass is 267 g/mol. The number of rotatable bonds is 4. The number of hydrogen-bond donors (Lipinski definition) is 2. The highest BCUT2D eigenvalue weighted by molar-refractivity contribution is 6.30. The molecule has 1 fully saturated rings. The lowest BCUT2D eigenvalue weighted by Gasteiger charge is -2.33. The van der Waals surface area contributed by atoms with Crippen LogP contribution in [-0.2, 0) is 5.60 Å². The van der Waals surface area contributed by atoms with Gasteiger partial charge >= 0.3 is 0 Å². The Kier molecular flexibility index (Phi) is 4.66. The van der Waals surface area contributed by atoms with Gasteiger partial charge in [0.05, 0.1) is 5.60 Å². The summed E-state index contributed by atoms with van der Waals surface area (Å²) in [6, 6.07) is 7.61. The second kappa shape index (κ2) is 6.05. The minimum Gasteiger partial charge on any atom is -0.385 e. The predicted octanol–water partition coefficient (Wildman–Crippen LogP) is 3.33. The number of halogens is 1. The van der Waals surface area contributed by atoms with Crippen LogP contribution < -0.4 is 5.32 Å². The fourth-order valence-corrected chi connectivity index (χ4v) is 2.93. The van der Waals surface area contributed by atoms with Crippen molar-refractivity contribution in [1.29, 1.82) is 0 Å². The number of nitrogens with one attached hydrogen (secondary N) is 1. The Hall–Kier alpha value is -0.570. The quantitative estimate of drug-likeness (QED) is 0.877. The molecule has 2 nitrogen and oxygen atoms in total. The number of benzene rings is 1. The zero-order valence-corrected chi connectivity index (χ0v) is 11.7. The van der Waals surface area contributed by atoms with Gasteiger partial charge in [-0.15, -0.1) is 0 Å². The van der Waals surface area contributed by atoms with Gasteiger partial charge in [0.15, 0.2) is 0 Å². The molecule has 0 aromatic heterocycles. The van der Waals surface area contributed by atoms with Gasteiger partial charge in [-0.3, -0.25) is 0 Å². The van der Waals surface area contributed by atoms with Crippen molar-refractivity contribution in [2.24, 2.45) is 5.92 Å². The van der Waals surface area contributed by atoms with E-state index < -0.39 is 5.60 Å². The average Bonchev–Trinajstić information content (AvgIpc) is 2.40. The van der Waals surface area contributed by atoms with Crippen LogP contribution in [0, 0.1) is 5.92 Å². The first kappa shape index (κ1) is 13.9. The lowest BCUT2D eigenvalue weighted by Crippen LogP contribution is -2.36. The number of piperidine rings is 1. The summed E-state index contributed by atoms with van der Waals surface area (Å²) < 4.78 is 0. The Labute approximate surface area is 114 Å². The third-order valence-electron chi connectivity index (χ3n) is 3.99. The van der Waals surface area contributed by atoms with E-state index in [1.807, 2.05) is 31.2 Å². The molecule has 2 N–H and O–H groups in total. The van der Waals surface area contributed by atoms with Crippen LogP contribution in [0.25, 0.3) is 0 Å². The van der Waals surface area contributed by atoms with Crippen LogP contribution in [-0.4, -0.2) is 18.2 Å². The number of aliphatic hydroxyl groups is 1. The van der Waals surface area contributed by atoms with Crippen LogP contribution in [0.2, 0.25) is 5.02 Å². The highest BCUT2D eigenvalue weighted by Crippen LogP contribution is 2.34. The van der Waals surface area contributed by atoms with Crippen molar-refractivity contribution in [3.63, 3.8) is 0 Å². The van der Waals surface area contributed by atoms with Crippen LogP contribution in [0.1, 0.15) is 38.2 Å². The van der Waals surface area contributed by atoms with Crippen molar-refractivity contribution in [2.75, 3.05) is 13.1 Å². The van der Waals surface area contributed by atoms with Gasteiger partial charge in [-0.2, -0.15) is 0 Å². The summed E-state index contributed by atoms with van der Waals surface area (Å²) in [7, 11) is 0. The average molecular weight is 268 g/mol. The largest absolute Gasteiger partial charge is 0.385 e. The van der Waals surface area contributed by atoms with Gasteiger partial charge in [0, 0.05) is 5.02 Å². The summed E-state index contributed by atoms with van der Waals surface area (Å²) in [5.74, 6) is 0.569. The molecule has 0 spiro atoms. The molecule has 1 saturated heterocycles. The molecule has 1 aliphatic heterocycles. The fourth-order valence-electron chi connectivity index (χ4n) is 2.80. The molecule has 1 aromatic carbocycles. The molecule has 2 rings (SSSR count). The second-order valence-electron chi connectivity index (χ2n) is 5.31. The van der Waals surface area contributed by atoms with E-state index in [9.17, 15) is 5.11 Å². The Morgan fingerprint density at radius 3 is 2.67 bits per heavy atom. The maximum absolute atomic E-state index is 10.9. The summed E-state index contributed by atoms with van der Waals surface area (Å²) in [6.07, 6.45) is 4.00. The lowest BCUT2D eigenvalue weighted by atomic mass is 9.80. The normalized spacial score (nSPS) is 23.6. The molecule has 0 bridgehead atoms. The van der Waals surface area contributed by atoms with E-state index in [4.69, 9.17) is 11.6 Å². The van der Waals surface area contributed by atoms with Crippen molar-refractivity contribution in [3.8, 4) is 0 Å². The van der Waals surface area contributed by atoms with Crippen LogP contribution >= 0.6 is 11.6 Å². The molecular formula is C15H22ClNO. The minimum absolute atomic E-state index is 0.569. The molecule has 2 atom stereocenters. The van der Waals surface area contributed by atoms with Crippen molar-refractivity contribution in [3.05, 3.63) is 34.9 Å². The molecule has 3 heteroatoms. The molecule has 1 heterocycles. The standard InChI is InChI=1S/C15H22ClNO/c1-2-15(18,10-12-4-3-9-17-11-12)13-5-7-14(16)8-6-13/h5-8,12,17-18H,2-4,9-11H2,1H3/t12-,15+/m1/s1. The molecule has 100 valence electrons. The van der Waals surface area contributed by atoms with Gasteiger partial charge in [0.2, 0.25) is 0 Å². The first-order valence-electron chi connectivity index (χ1n) is 6.83. The van der Waals surface area contributed by atoms with Gasteiger partial charge < -0.3 is 10.4 Å². The lowest BCUT2D eigenvalue weighted by molar-refractivity contribution is 0.00361. The maximum Gasteiger partial charge on any atom is 0.0897 e. The molecule has 0 radical (unpaired) electrons. The van der Waals surface area contributed by atoms with E-state index in [1.165, 1.54) is 12.8 Å². The highest BCUT2D eigenvalue weighted by atomic mass is 35.5. The molecule has 18 heavy (non-hydrogen) atoms. The third kappa shape index (κ3) is 3.25. The van der Waals surface area contributed by atoms with E-state index in [1.54, 1.807) is 0 Å². The smallest absolute Gasteiger partial charge is 0.0897 e. The summed E-state index contributed by atoms with van der Waals surface area (Å²) >= 11 is 5.91. The molecular weight excluding hydrogens is 246 g/mol. The van der Waals surface area contributed by atoms with Crippen LogP contribution in [0.4, 0.5) is 0 Å². The van der Waals surface area contributed by atoms with Crippen LogP contribution in [0.5, 0.6) is 0 Å². The number of hydrogen-bond acceptors (Lipinski definition) is 2. The third-order valence-corrected chi connectivity index (χ3v) is 4.24. The Morgan fingerprint density at radius 1 is 1.39 bits per heavy atom. The summed E-state index contributed by atoms with van der Waals surface area (Å²) in [4.78, 5) is 0. The van der Waals surface area contributed by atoms with Gasteiger partial charge in [-0.1, -0.05) is 30.7 Å². The first-order chi connectivity index (χ1) is 8.64. The zero-order valence-electron chi connectivity index (χ0n) is 11.0. The van der Waals surface area contributed by atoms with Crippen molar-refractivity contribution in [2.45, 2.75) is 38.2 Å². The fraction of sp³-hybridized carbons (Fsp3) is 0.600. The van der Waals surface area contributed by atoms with E-state index in [0.717, 1.165) is 36.5 Å². The summed E-state index contributed by atoms with van der Waals surface area (Å²) in [6.45, 7) is 4.18. The summed E-state index contributed by atoms with van der Waals surface area (Å²) in [5.41, 5.74) is 0.272. The van der Waals surface area contributed by atoms with Gasteiger partial charge in [-0.05, 0) is 62.4 Å². The minimum atomic E-state index is -0.714. The second-order valence-corrected chi connectivity index (χ2v) is 5.74. The Morgan fingerprint density at radius 2 is 2.11 bits per heavy atom.